The fourth-order valence-corrected chi connectivity index (χ4v) is 4.04. The standard InChI is InChI=1S/C14H22N4O3S/c1-10-5-15-17(6-10)9-14(19)16-13-8-18(22(2,20)21)7-12(13)11-3-4-11/h5-6,11-13H,3-4,7-9H2,1-2H3,(H,16,19)/t12-,13+/m0/s1. The SMILES string of the molecule is Cc1cnn(CC(=O)N[C@@H]2CN(S(C)(=O)=O)C[C@H]2C2CC2)c1. The second-order valence-electron chi connectivity index (χ2n) is 6.47. The molecule has 2 aliphatic rings. The van der Waals surface area contributed by atoms with Gasteiger partial charge in [-0.15, -0.1) is 0 Å². The highest BCUT2D eigenvalue weighted by molar-refractivity contribution is 7.88. The third-order valence-electron chi connectivity index (χ3n) is 4.44. The van der Waals surface area contributed by atoms with Crippen LogP contribution in [0.3, 0.4) is 0 Å². The molecule has 0 unspecified atom stereocenters. The normalized spacial score (nSPS) is 26.3. The first kappa shape index (κ1) is 15.5. The fraction of sp³-hybridized carbons (Fsp3) is 0.714. The molecule has 3 rings (SSSR count). The zero-order chi connectivity index (χ0) is 15.9. The lowest BCUT2D eigenvalue weighted by atomic mass is 9.98. The molecular formula is C14H22N4O3S. The summed E-state index contributed by atoms with van der Waals surface area (Å²) < 4.78 is 26.6. The molecule has 7 nitrogen and oxygen atoms in total. The molecule has 1 amide bonds. The summed E-state index contributed by atoms with van der Waals surface area (Å²) >= 11 is 0. The number of aryl methyl sites for hydroxylation is 1. The van der Waals surface area contributed by atoms with Crippen molar-refractivity contribution in [3.05, 3.63) is 18.0 Å². The van der Waals surface area contributed by atoms with Crippen LogP contribution < -0.4 is 5.32 Å². The van der Waals surface area contributed by atoms with E-state index < -0.39 is 10.0 Å². The van der Waals surface area contributed by atoms with E-state index in [9.17, 15) is 13.2 Å². The molecule has 2 heterocycles. The van der Waals surface area contributed by atoms with Gasteiger partial charge in [0.2, 0.25) is 15.9 Å². The Bertz CT molecular complexity index is 665. The molecule has 8 heteroatoms. The maximum absolute atomic E-state index is 12.2. The number of carbonyl (C=O) groups is 1. The second-order valence-corrected chi connectivity index (χ2v) is 8.45. The minimum absolute atomic E-state index is 0.0913. The molecule has 2 fully saturated rings. The van der Waals surface area contributed by atoms with E-state index in [2.05, 4.69) is 10.4 Å². The highest BCUT2D eigenvalue weighted by Gasteiger charge is 2.45. The Kier molecular flexibility index (Phi) is 3.98. The lowest BCUT2D eigenvalue weighted by Gasteiger charge is -2.19. The van der Waals surface area contributed by atoms with Crippen molar-refractivity contribution in [3.8, 4) is 0 Å². The molecular weight excluding hydrogens is 304 g/mol. The molecule has 1 N–H and O–H groups in total. The van der Waals surface area contributed by atoms with Gasteiger partial charge in [0.1, 0.15) is 6.54 Å². The quantitative estimate of drug-likeness (QED) is 0.824. The summed E-state index contributed by atoms with van der Waals surface area (Å²) in [6, 6.07) is -0.0913. The summed E-state index contributed by atoms with van der Waals surface area (Å²) in [5, 5.41) is 7.10. The zero-order valence-electron chi connectivity index (χ0n) is 12.9. The average Bonchev–Trinajstić information content (AvgIpc) is 3.03. The molecule has 0 spiro atoms. The first-order valence-electron chi connectivity index (χ1n) is 7.56. The number of rotatable bonds is 5. The van der Waals surface area contributed by atoms with E-state index in [1.807, 2.05) is 13.1 Å². The number of nitrogens with one attached hydrogen (secondary N) is 1. The van der Waals surface area contributed by atoms with Gasteiger partial charge in [-0.2, -0.15) is 9.40 Å². The highest BCUT2D eigenvalue weighted by Crippen LogP contribution is 2.41. The summed E-state index contributed by atoms with van der Waals surface area (Å²) in [6.07, 6.45) is 7.02. The van der Waals surface area contributed by atoms with Crippen LogP contribution in [0.15, 0.2) is 12.4 Å². The van der Waals surface area contributed by atoms with Gasteiger partial charge in [0.05, 0.1) is 12.5 Å². The third kappa shape index (κ3) is 3.49. The molecule has 1 aliphatic carbocycles. The van der Waals surface area contributed by atoms with Crippen LogP contribution in [0.25, 0.3) is 0 Å². The maximum atomic E-state index is 12.2. The Labute approximate surface area is 130 Å². The molecule has 1 aliphatic heterocycles. The molecule has 2 atom stereocenters. The zero-order valence-corrected chi connectivity index (χ0v) is 13.7. The number of sulfonamides is 1. The third-order valence-corrected chi connectivity index (χ3v) is 5.68. The summed E-state index contributed by atoms with van der Waals surface area (Å²) in [7, 11) is -3.20. The molecule has 0 radical (unpaired) electrons. The molecule has 1 saturated carbocycles. The van der Waals surface area contributed by atoms with Gasteiger partial charge in [-0.1, -0.05) is 0 Å². The number of amides is 1. The number of hydrogen-bond acceptors (Lipinski definition) is 4. The van der Waals surface area contributed by atoms with Gasteiger partial charge in [0.25, 0.3) is 0 Å². The van der Waals surface area contributed by atoms with E-state index in [4.69, 9.17) is 0 Å². The maximum Gasteiger partial charge on any atom is 0.242 e. The van der Waals surface area contributed by atoms with Gasteiger partial charge in [0.15, 0.2) is 0 Å². The van der Waals surface area contributed by atoms with Crippen LogP contribution in [0.4, 0.5) is 0 Å². The van der Waals surface area contributed by atoms with Crippen LogP contribution >= 0.6 is 0 Å². The monoisotopic (exact) mass is 326 g/mol. The van der Waals surface area contributed by atoms with Crippen molar-refractivity contribution in [2.45, 2.75) is 32.4 Å². The molecule has 1 aromatic rings. The summed E-state index contributed by atoms with van der Waals surface area (Å²) in [5.74, 6) is 0.663. The Morgan fingerprint density at radius 2 is 2.14 bits per heavy atom. The second kappa shape index (κ2) is 5.66. The van der Waals surface area contributed by atoms with Gasteiger partial charge in [0, 0.05) is 25.3 Å². The Morgan fingerprint density at radius 3 is 2.68 bits per heavy atom. The smallest absolute Gasteiger partial charge is 0.242 e. The predicted octanol–water partition coefficient (Wildman–Crippen LogP) is -0.0223. The van der Waals surface area contributed by atoms with Crippen LogP contribution in [0.2, 0.25) is 0 Å². The summed E-state index contributed by atoms with van der Waals surface area (Å²) in [4.78, 5) is 12.2. The van der Waals surface area contributed by atoms with Crippen molar-refractivity contribution >= 4 is 15.9 Å². The number of aromatic nitrogens is 2. The minimum atomic E-state index is -3.20. The van der Waals surface area contributed by atoms with Crippen molar-refractivity contribution in [2.24, 2.45) is 11.8 Å². The van der Waals surface area contributed by atoms with E-state index in [1.165, 1.54) is 10.6 Å². The van der Waals surface area contributed by atoms with E-state index in [0.717, 1.165) is 18.4 Å². The van der Waals surface area contributed by atoms with Crippen molar-refractivity contribution in [3.63, 3.8) is 0 Å². The van der Waals surface area contributed by atoms with Crippen molar-refractivity contribution < 1.29 is 13.2 Å². The first-order chi connectivity index (χ1) is 10.3. The lowest BCUT2D eigenvalue weighted by molar-refractivity contribution is -0.122. The van der Waals surface area contributed by atoms with Crippen LogP contribution in [-0.2, 0) is 21.4 Å². The summed E-state index contributed by atoms with van der Waals surface area (Å²) in [5.41, 5.74) is 1.01. The van der Waals surface area contributed by atoms with Gasteiger partial charge >= 0.3 is 0 Å². The van der Waals surface area contributed by atoms with E-state index in [1.54, 1.807) is 10.9 Å². The van der Waals surface area contributed by atoms with Crippen LogP contribution in [-0.4, -0.2) is 53.8 Å². The molecule has 1 aromatic heterocycles. The Morgan fingerprint density at radius 1 is 1.41 bits per heavy atom. The number of nitrogens with zero attached hydrogens (tertiary/aromatic N) is 3. The van der Waals surface area contributed by atoms with Gasteiger partial charge in [-0.05, 0) is 37.2 Å². The van der Waals surface area contributed by atoms with E-state index in [-0.39, 0.29) is 24.4 Å². The Hall–Kier alpha value is -1.41. The Balaban J connectivity index is 1.63. The average molecular weight is 326 g/mol. The summed E-state index contributed by atoms with van der Waals surface area (Å²) in [6.45, 7) is 2.99. The van der Waals surface area contributed by atoms with E-state index >= 15 is 0 Å². The molecule has 22 heavy (non-hydrogen) atoms. The van der Waals surface area contributed by atoms with Crippen LogP contribution in [0, 0.1) is 18.8 Å². The topological polar surface area (TPSA) is 84.3 Å². The lowest BCUT2D eigenvalue weighted by Crippen LogP contribution is -2.43. The van der Waals surface area contributed by atoms with Crippen LogP contribution in [0.1, 0.15) is 18.4 Å². The molecule has 0 bridgehead atoms. The van der Waals surface area contributed by atoms with Crippen molar-refractivity contribution in [1.82, 2.24) is 19.4 Å². The van der Waals surface area contributed by atoms with Crippen molar-refractivity contribution in [2.75, 3.05) is 19.3 Å². The van der Waals surface area contributed by atoms with Crippen LogP contribution in [0.5, 0.6) is 0 Å². The number of hydrogen-bond donors (Lipinski definition) is 1. The van der Waals surface area contributed by atoms with Gasteiger partial charge in [-0.25, -0.2) is 8.42 Å². The van der Waals surface area contributed by atoms with Crippen molar-refractivity contribution in [1.29, 1.82) is 0 Å². The molecule has 0 aromatic carbocycles. The molecule has 1 saturated heterocycles. The van der Waals surface area contributed by atoms with E-state index in [0.29, 0.717) is 19.0 Å². The fourth-order valence-electron chi connectivity index (χ4n) is 3.17. The van der Waals surface area contributed by atoms with Gasteiger partial charge < -0.3 is 5.32 Å². The first-order valence-corrected chi connectivity index (χ1v) is 9.41. The van der Waals surface area contributed by atoms with Gasteiger partial charge in [-0.3, -0.25) is 9.48 Å². The highest BCUT2D eigenvalue weighted by atomic mass is 32.2. The molecule has 122 valence electrons. The largest absolute Gasteiger partial charge is 0.350 e. The minimum Gasteiger partial charge on any atom is -0.350 e. The predicted molar refractivity (Wildman–Crippen MR) is 81.5 cm³/mol. The number of carbonyl (C=O) groups excluding carboxylic acids is 1.